The molecular formula is C37H39IN2O7S. The molecule has 252 valence electrons. The minimum Gasteiger partial charge on any atom is -0.493 e. The molecule has 48 heavy (non-hydrogen) atoms. The molecule has 3 aromatic carbocycles. The van der Waals surface area contributed by atoms with Crippen LogP contribution in [0, 0.1) is 10.5 Å². The zero-order chi connectivity index (χ0) is 34.5. The van der Waals surface area contributed by atoms with E-state index in [9.17, 15) is 9.59 Å². The van der Waals surface area contributed by atoms with Crippen molar-refractivity contribution in [3.63, 3.8) is 0 Å². The van der Waals surface area contributed by atoms with Crippen LogP contribution in [0.25, 0.3) is 6.08 Å². The summed E-state index contributed by atoms with van der Waals surface area (Å²) in [6, 6.07) is 16.7. The SMILES string of the molecule is CCOC(=O)C1=C(C)N=c2s/c(=C\c3cc(I)c(OCc4ccc(C)cc4)c(OCC)c3)c(=O)n2[C@@H]1c1ccc(OC(C)C)c(OC)c1. The van der Waals surface area contributed by atoms with E-state index in [1.54, 1.807) is 37.7 Å². The molecule has 0 bridgehead atoms. The molecule has 0 radical (unpaired) electrons. The van der Waals surface area contributed by atoms with Crippen molar-refractivity contribution in [3.8, 4) is 23.0 Å². The molecule has 2 heterocycles. The first kappa shape index (κ1) is 35.2. The number of allylic oxidation sites excluding steroid dienone is 1. The van der Waals surface area contributed by atoms with E-state index in [0.29, 0.717) is 62.4 Å². The molecule has 0 fully saturated rings. The fourth-order valence-corrected chi connectivity index (χ4v) is 7.21. The van der Waals surface area contributed by atoms with Crippen molar-refractivity contribution in [2.45, 2.75) is 60.3 Å². The Morgan fingerprint density at radius 1 is 1.00 bits per heavy atom. The van der Waals surface area contributed by atoms with Crippen LogP contribution in [-0.4, -0.2) is 37.0 Å². The molecule has 5 rings (SSSR count). The maximum absolute atomic E-state index is 14.2. The minimum absolute atomic E-state index is 0.0697. The summed E-state index contributed by atoms with van der Waals surface area (Å²) in [7, 11) is 1.56. The van der Waals surface area contributed by atoms with Gasteiger partial charge in [0.15, 0.2) is 27.8 Å². The Balaban J connectivity index is 1.60. The lowest BCUT2D eigenvalue weighted by atomic mass is 9.95. The summed E-state index contributed by atoms with van der Waals surface area (Å²) < 4.78 is 32.1. The summed E-state index contributed by atoms with van der Waals surface area (Å²) >= 11 is 3.49. The monoisotopic (exact) mass is 782 g/mol. The van der Waals surface area contributed by atoms with Crippen LogP contribution in [0.1, 0.15) is 62.9 Å². The number of fused-ring (bicyclic) bond motifs is 1. The number of aryl methyl sites for hydroxylation is 1. The van der Waals surface area contributed by atoms with Crippen LogP contribution in [-0.2, 0) is 16.1 Å². The molecule has 0 saturated carbocycles. The Hall–Kier alpha value is -4.10. The van der Waals surface area contributed by atoms with E-state index in [1.807, 2.05) is 57.2 Å². The van der Waals surface area contributed by atoms with Gasteiger partial charge in [-0.1, -0.05) is 47.2 Å². The Morgan fingerprint density at radius 2 is 1.75 bits per heavy atom. The van der Waals surface area contributed by atoms with Gasteiger partial charge in [0.2, 0.25) is 0 Å². The Labute approximate surface area is 297 Å². The predicted molar refractivity (Wildman–Crippen MR) is 195 cm³/mol. The molecule has 1 aliphatic rings. The van der Waals surface area contributed by atoms with E-state index in [1.165, 1.54) is 16.9 Å². The third-order valence-electron chi connectivity index (χ3n) is 7.52. The number of rotatable bonds is 12. The number of thiazole rings is 1. The average molecular weight is 783 g/mol. The lowest BCUT2D eigenvalue weighted by molar-refractivity contribution is -0.139. The highest BCUT2D eigenvalue weighted by atomic mass is 127. The van der Waals surface area contributed by atoms with Gasteiger partial charge in [0, 0.05) is 0 Å². The van der Waals surface area contributed by atoms with Gasteiger partial charge in [-0.3, -0.25) is 9.36 Å². The number of halogens is 1. The van der Waals surface area contributed by atoms with Crippen LogP contribution in [0.15, 0.2) is 75.7 Å². The first-order valence-electron chi connectivity index (χ1n) is 15.7. The third kappa shape index (κ3) is 7.62. The summed E-state index contributed by atoms with van der Waals surface area (Å²) in [5, 5.41) is 0. The molecule has 0 amide bonds. The van der Waals surface area contributed by atoms with Crippen molar-refractivity contribution in [2.75, 3.05) is 20.3 Å². The maximum Gasteiger partial charge on any atom is 0.338 e. The van der Waals surface area contributed by atoms with Crippen LogP contribution >= 0.6 is 33.9 Å². The van der Waals surface area contributed by atoms with Crippen LogP contribution in [0.5, 0.6) is 23.0 Å². The second-order valence-electron chi connectivity index (χ2n) is 11.4. The van der Waals surface area contributed by atoms with E-state index in [2.05, 4.69) is 41.6 Å². The maximum atomic E-state index is 14.2. The number of hydrogen-bond donors (Lipinski definition) is 0. The first-order valence-corrected chi connectivity index (χ1v) is 17.6. The quantitative estimate of drug-likeness (QED) is 0.120. The van der Waals surface area contributed by atoms with Crippen molar-refractivity contribution in [2.24, 2.45) is 4.99 Å². The lowest BCUT2D eigenvalue weighted by Gasteiger charge is -2.25. The molecule has 1 aliphatic heterocycles. The number of carbonyl (C=O) groups excluding carboxylic acids is 1. The topological polar surface area (TPSA) is 97.6 Å². The second-order valence-corrected chi connectivity index (χ2v) is 13.6. The smallest absolute Gasteiger partial charge is 0.338 e. The highest BCUT2D eigenvalue weighted by Gasteiger charge is 2.34. The third-order valence-corrected chi connectivity index (χ3v) is 9.30. The van der Waals surface area contributed by atoms with Gasteiger partial charge in [0.1, 0.15) is 6.61 Å². The van der Waals surface area contributed by atoms with Crippen LogP contribution in [0.3, 0.4) is 0 Å². The fourth-order valence-electron chi connectivity index (χ4n) is 5.38. The normalized spacial score (nSPS) is 14.4. The van der Waals surface area contributed by atoms with Crippen LogP contribution in [0.4, 0.5) is 0 Å². The van der Waals surface area contributed by atoms with Crippen molar-refractivity contribution in [1.82, 2.24) is 4.57 Å². The number of hydrogen-bond acceptors (Lipinski definition) is 9. The Bertz CT molecular complexity index is 2030. The van der Waals surface area contributed by atoms with E-state index < -0.39 is 12.0 Å². The number of ether oxygens (including phenoxy) is 5. The number of aromatic nitrogens is 1. The summed E-state index contributed by atoms with van der Waals surface area (Å²) in [5.74, 6) is 1.75. The van der Waals surface area contributed by atoms with Gasteiger partial charge in [-0.15, -0.1) is 0 Å². The molecule has 0 saturated heterocycles. The minimum atomic E-state index is -0.791. The zero-order valence-electron chi connectivity index (χ0n) is 28.1. The first-order chi connectivity index (χ1) is 23.0. The number of carbonyl (C=O) groups is 1. The number of benzene rings is 3. The fraction of sp³-hybridized carbons (Fsp3) is 0.324. The van der Waals surface area contributed by atoms with Crippen LogP contribution < -0.4 is 33.8 Å². The van der Waals surface area contributed by atoms with Gasteiger partial charge in [-0.25, -0.2) is 9.79 Å². The van der Waals surface area contributed by atoms with E-state index >= 15 is 0 Å². The molecule has 0 N–H and O–H groups in total. The van der Waals surface area contributed by atoms with Gasteiger partial charge in [0.05, 0.1) is 51.8 Å². The Morgan fingerprint density at radius 3 is 2.42 bits per heavy atom. The largest absolute Gasteiger partial charge is 0.493 e. The van der Waals surface area contributed by atoms with E-state index in [0.717, 1.165) is 14.7 Å². The summed E-state index contributed by atoms with van der Waals surface area (Å²) in [6.07, 6.45) is 1.75. The number of nitrogens with zero attached hydrogens (tertiary/aromatic N) is 2. The summed E-state index contributed by atoms with van der Waals surface area (Å²) in [5.41, 5.74) is 4.16. The summed E-state index contributed by atoms with van der Waals surface area (Å²) in [4.78, 5) is 32.8. The molecular weight excluding hydrogens is 743 g/mol. The second kappa shape index (κ2) is 15.4. The van der Waals surface area contributed by atoms with Crippen molar-refractivity contribution in [3.05, 3.63) is 111 Å². The number of esters is 1. The van der Waals surface area contributed by atoms with E-state index in [-0.39, 0.29) is 18.3 Å². The molecule has 0 unspecified atom stereocenters. The zero-order valence-corrected chi connectivity index (χ0v) is 31.1. The highest BCUT2D eigenvalue weighted by Crippen LogP contribution is 2.37. The van der Waals surface area contributed by atoms with Gasteiger partial charge in [-0.2, -0.15) is 0 Å². The molecule has 1 atom stereocenters. The standard InChI is InChI=1S/C37H39IN2O7S/c1-8-44-30-17-25(16-27(38)34(30)46-20-24-12-10-22(5)11-13-24)18-31-35(41)40-33(26-14-15-28(47-21(3)4)29(19-26)43-7)32(36(42)45-9-2)23(6)39-37(40)48-31/h10-19,21,33H,8-9,20H2,1-7H3/b31-18-/t33-/m1/s1. The van der Waals surface area contributed by atoms with Gasteiger partial charge in [0.25, 0.3) is 5.56 Å². The van der Waals surface area contributed by atoms with Crippen molar-refractivity contribution >= 4 is 46.0 Å². The molecule has 1 aromatic heterocycles. The van der Waals surface area contributed by atoms with Crippen molar-refractivity contribution < 1.29 is 28.5 Å². The molecule has 4 aromatic rings. The Kier molecular flexibility index (Phi) is 11.3. The molecule has 0 aliphatic carbocycles. The van der Waals surface area contributed by atoms with Gasteiger partial charge >= 0.3 is 5.97 Å². The van der Waals surface area contributed by atoms with E-state index in [4.69, 9.17) is 28.7 Å². The van der Waals surface area contributed by atoms with Crippen LogP contribution in [0.2, 0.25) is 0 Å². The molecule has 11 heteroatoms. The summed E-state index contributed by atoms with van der Waals surface area (Å²) in [6.45, 7) is 12.4. The molecule has 9 nitrogen and oxygen atoms in total. The predicted octanol–water partition coefficient (Wildman–Crippen LogP) is 6.48. The highest BCUT2D eigenvalue weighted by molar-refractivity contribution is 14.1. The number of methoxy groups -OCH3 is 1. The molecule has 0 spiro atoms. The lowest BCUT2D eigenvalue weighted by Crippen LogP contribution is -2.40. The average Bonchev–Trinajstić information content (AvgIpc) is 3.34. The van der Waals surface area contributed by atoms with Crippen molar-refractivity contribution in [1.29, 1.82) is 0 Å². The van der Waals surface area contributed by atoms with Gasteiger partial charge < -0.3 is 23.7 Å². The van der Waals surface area contributed by atoms with Gasteiger partial charge in [-0.05, 0) is 111 Å².